The molecule has 23 heavy (non-hydrogen) atoms. The molecule has 1 heterocycles. The summed E-state index contributed by atoms with van der Waals surface area (Å²) in [5, 5.41) is 2.70. The van der Waals surface area contributed by atoms with Gasteiger partial charge in [0.15, 0.2) is 0 Å². The highest BCUT2D eigenvalue weighted by atomic mass is 32.2. The molecule has 6 heteroatoms. The summed E-state index contributed by atoms with van der Waals surface area (Å²) in [5.41, 5.74) is 1.37. The second kappa shape index (κ2) is 7.75. The van der Waals surface area contributed by atoms with Crippen molar-refractivity contribution in [3.8, 4) is 0 Å². The zero-order valence-electron chi connectivity index (χ0n) is 13.7. The third kappa shape index (κ3) is 4.91. The van der Waals surface area contributed by atoms with Crippen LogP contribution in [0.5, 0.6) is 0 Å². The molecule has 5 nitrogen and oxygen atoms in total. The second-order valence-corrected chi connectivity index (χ2v) is 8.00. The quantitative estimate of drug-likeness (QED) is 0.859. The van der Waals surface area contributed by atoms with Gasteiger partial charge >= 0.3 is 0 Å². The topological polar surface area (TPSA) is 66.5 Å². The van der Waals surface area contributed by atoms with Crippen molar-refractivity contribution in [2.75, 3.05) is 18.4 Å². The Morgan fingerprint density at radius 2 is 1.78 bits per heavy atom. The molecule has 0 bridgehead atoms. The predicted octanol–water partition coefficient (Wildman–Crippen LogP) is 3.16. The maximum atomic E-state index is 12.8. The minimum atomic E-state index is -3.50. The third-order valence-electron chi connectivity index (χ3n) is 3.72. The molecular formula is C17H24N2O3S. The van der Waals surface area contributed by atoms with E-state index in [2.05, 4.69) is 5.32 Å². The van der Waals surface area contributed by atoms with Gasteiger partial charge < -0.3 is 5.32 Å². The SMILES string of the molecule is CC(C)=CC(=O)Nc1cccc(S(=O)(=O)N2CCCCCC2)c1. The second-order valence-electron chi connectivity index (χ2n) is 6.06. The molecule has 2 rings (SSSR count). The van der Waals surface area contributed by atoms with Crippen LogP contribution in [0.2, 0.25) is 0 Å². The molecule has 1 aliphatic heterocycles. The highest BCUT2D eigenvalue weighted by molar-refractivity contribution is 7.89. The van der Waals surface area contributed by atoms with Crippen LogP contribution < -0.4 is 5.32 Å². The maximum absolute atomic E-state index is 12.8. The number of hydrogen-bond acceptors (Lipinski definition) is 3. The molecule has 1 aromatic rings. The molecule has 1 fully saturated rings. The number of nitrogens with zero attached hydrogens (tertiary/aromatic N) is 1. The molecule has 0 unspecified atom stereocenters. The van der Waals surface area contributed by atoms with Crippen LogP contribution in [-0.4, -0.2) is 31.7 Å². The molecule has 0 atom stereocenters. The molecule has 0 aromatic heterocycles. The van der Waals surface area contributed by atoms with Gasteiger partial charge in [-0.2, -0.15) is 4.31 Å². The van der Waals surface area contributed by atoms with E-state index in [1.807, 2.05) is 13.8 Å². The first kappa shape index (κ1) is 17.7. The number of carbonyl (C=O) groups is 1. The van der Waals surface area contributed by atoms with Gasteiger partial charge in [-0.05, 0) is 44.9 Å². The standard InChI is InChI=1S/C17H24N2O3S/c1-14(2)12-17(20)18-15-8-7-9-16(13-15)23(21,22)19-10-5-3-4-6-11-19/h7-9,12-13H,3-6,10-11H2,1-2H3,(H,18,20). The van der Waals surface area contributed by atoms with Crippen LogP contribution in [0.4, 0.5) is 5.69 Å². The number of nitrogens with one attached hydrogen (secondary N) is 1. The van der Waals surface area contributed by atoms with Crippen LogP contribution in [-0.2, 0) is 14.8 Å². The van der Waals surface area contributed by atoms with Gasteiger partial charge in [0, 0.05) is 24.9 Å². The number of allylic oxidation sites excluding steroid dienone is 1. The molecule has 1 N–H and O–H groups in total. The Kier molecular flexibility index (Phi) is 5.96. The summed E-state index contributed by atoms with van der Waals surface area (Å²) in [7, 11) is -3.50. The number of benzene rings is 1. The number of amides is 1. The molecule has 126 valence electrons. The summed E-state index contributed by atoms with van der Waals surface area (Å²) < 4.78 is 27.1. The lowest BCUT2D eigenvalue weighted by atomic mass is 10.2. The Balaban J connectivity index is 2.21. The van der Waals surface area contributed by atoms with Crippen molar-refractivity contribution in [3.05, 3.63) is 35.9 Å². The molecular weight excluding hydrogens is 312 g/mol. The molecule has 1 aromatic carbocycles. The summed E-state index contributed by atoms with van der Waals surface area (Å²) in [6.45, 7) is 4.80. The van der Waals surface area contributed by atoms with E-state index in [-0.39, 0.29) is 10.8 Å². The summed E-state index contributed by atoms with van der Waals surface area (Å²) in [4.78, 5) is 12.0. The van der Waals surface area contributed by atoms with E-state index in [0.717, 1.165) is 31.3 Å². The van der Waals surface area contributed by atoms with E-state index in [1.54, 1.807) is 22.5 Å². The van der Waals surface area contributed by atoms with Gasteiger partial charge in [0.2, 0.25) is 15.9 Å². The highest BCUT2D eigenvalue weighted by Gasteiger charge is 2.25. The number of carbonyl (C=O) groups excluding carboxylic acids is 1. The fourth-order valence-corrected chi connectivity index (χ4v) is 4.17. The van der Waals surface area contributed by atoms with Crippen LogP contribution >= 0.6 is 0 Å². The smallest absolute Gasteiger partial charge is 0.248 e. The van der Waals surface area contributed by atoms with Crippen molar-refractivity contribution in [2.24, 2.45) is 0 Å². The van der Waals surface area contributed by atoms with Gasteiger partial charge in [-0.1, -0.05) is 24.5 Å². The molecule has 0 spiro atoms. The van der Waals surface area contributed by atoms with Crippen LogP contribution in [0.1, 0.15) is 39.5 Å². The van der Waals surface area contributed by atoms with Gasteiger partial charge in [-0.3, -0.25) is 4.79 Å². The molecule has 1 aliphatic rings. The fraction of sp³-hybridized carbons (Fsp3) is 0.471. The van der Waals surface area contributed by atoms with Crippen molar-refractivity contribution in [2.45, 2.75) is 44.4 Å². The average Bonchev–Trinajstić information content (AvgIpc) is 2.76. The van der Waals surface area contributed by atoms with Crippen LogP contribution in [0.25, 0.3) is 0 Å². The van der Waals surface area contributed by atoms with E-state index in [1.165, 1.54) is 12.1 Å². The Morgan fingerprint density at radius 1 is 1.13 bits per heavy atom. The van der Waals surface area contributed by atoms with Gasteiger partial charge in [0.25, 0.3) is 0 Å². The lowest BCUT2D eigenvalue weighted by Crippen LogP contribution is -2.32. The van der Waals surface area contributed by atoms with E-state index < -0.39 is 10.0 Å². The summed E-state index contributed by atoms with van der Waals surface area (Å²) in [6.07, 6.45) is 5.43. The minimum Gasteiger partial charge on any atom is -0.322 e. The zero-order chi connectivity index (χ0) is 16.9. The van der Waals surface area contributed by atoms with Crippen molar-refractivity contribution in [1.29, 1.82) is 0 Å². The lowest BCUT2D eigenvalue weighted by Gasteiger charge is -2.20. The van der Waals surface area contributed by atoms with Crippen LogP contribution in [0.3, 0.4) is 0 Å². The first-order valence-electron chi connectivity index (χ1n) is 7.96. The fourth-order valence-electron chi connectivity index (χ4n) is 2.61. The van der Waals surface area contributed by atoms with Crippen molar-refractivity contribution >= 4 is 21.6 Å². The van der Waals surface area contributed by atoms with E-state index in [0.29, 0.717) is 18.8 Å². The Bertz CT molecular complexity index is 684. The molecule has 0 saturated carbocycles. The van der Waals surface area contributed by atoms with Gasteiger partial charge in [0.05, 0.1) is 4.90 Å². The Labute approximate surface area is 138 Å². The Hall–Kier alpha value is -1.66. The monoisotopic (exact) mass is 336 g/mol. The Morgan fingerprint density at radius 3 is 2.39 bits per heavy atom. The predicted molar refractivity (Wildman–Crippen MR) is 91.7 cm³/mol. The van der Waals surface area contributed by atoms with Crippen LogP contribution in [0.15, 0.2) is 40.8 Å². The molecule has 1 amide bonds. The highest BCUT2D eigenvalue weighted by Crippen LogP contribution is 2.22. The van der Waals surface area contributed by atoms with Crippen molar-refractivity contribution in [3.63, 3.8) is 0 Å². The van der Waals surface area contributed by atoms with Gasteiger partial charge in [-0.25, -0.2) is 8.42 Å². The summed E-state index contributed by atoms with van der Waals surface area (Å²) >= 11 is 0. The normalized spacial score (nSPS) is 16.4. The van der Waals surface area contributed by atoms with E-state index in [9.17, 15) is 13.2 Å². The van der Waals surface area contributed by atoms with E-state index >= 15 is 0 Å². The number of hydrogen-bond donors (Lipinski definition) is 1. The number of rotatable bonds is 4. The van der Waals surface area contributed by atoms with Crippen molar-refractivity contribution < 1.29 is 13.2 Å². The average molecular weight is 336 g/mol. The molecule has 0 aliphatic carbocycles. The van der Waals surface area contributed by atoms with Gasteiger partial charge in [-0.15, -0.1) is 0 Å². The van der Waals surface area contributed by atoms with Crippen molar-refractivity contribution in [1.82, 2.24) is 4.31 Å². The minimum absolute atomic E-state index is 0.231. The number of anilines is 1. The zero-order valence-corrected chi connectivity index (χ0v) is 14.5. The van der Waals surface area contributed by atoms with Crippen LogP contribution in [0, 0.1) is 0 Å². The third-order valence-corrected chi connectivity index (χ3v) is 5.62. The first-order chi connectivity index (χ1) is 10.9. The number of sulfonamides is 1. The summed E-state index contributed by atoms with van der Waals surface area (Å²) in [5.74, 6) is -0.255. The largest absolute Gasteiger partial charge is 0.322 e. The van der Waals surface area contributed by atoms with Gasteiger partial charge in [0.1, 0.15) is 0 Å². The molecule has 0 radical (unpaired) electrons. The first-order valence-corrected chi connectivity index (χ1v) is 9.40. The lowest BCUT2D eigenvalue weighted by molar-refractivity contribution is -0.111. The summed E-state index contributed by atoms with van der Waals surface area (Å²) in [6, 6.07) is 6.45. The molecule has 1 saturated heterocycles. The maximum Gasteiger partial charge on any atom is 0.248 e. The van der Waals surface area contributed by atoms with E-state index in [4.69, 9.17) is 0 Å².